The SMILES string of the molecule is COc1ccc(-c2nnc(NC(=O)[C@@]3(C)C[C@H]4C=C[C@H]3C4)s2)cc1. The predicted molar refractivity (Wildman–Crippen MR) is 94.0 cm³/mol. The normalized spacial score (nSPS) is 27.4. The van der Waals surface area contributed by atoms with Crippen LogP contribution in [0.1, 0.15) is 19.8 Å². The number of rotatable bonds is 4. The highest BCUT2D eigenvalue weighted by atomic mass is 32.1. The Kier molecular flexibility index (Phi) is 3.64. The first kappa shape index (κ1) is 15.3. The maximum Gasteiger partial charge on any atom is 0.232 e. The van der Waals surface area contributed by atoms with Crippen LogP contribution >= 0.6 is 11.3 Å². The molecule has 4 rings (SSSR count). The number of carbonyl (C=O) groups is 1. The molecule has 0 saturated heterocycles. The van der Waals surface area contributed by atoms with Crippen molar-refractivity contribution in [2.75, 3.05) is 12.4 Å². The average molecular weight is 341 g/mol. The molecule has 2 bridgehead atoms. The Hall–Kier alpha value is -2.21. The van der Waals surface area contributed by atoms with E-state index < -0.39 is 0 Å². The molecule has 0 unspecified atom stereocenters. The lowest BCUT2D eigenvalue weighted by Gasteiger charge is -2.29. The Labute approximate surface area is 144 Å². The van der Waals surface area contributed by atoms with Crippen molar-refractivity contribution < 1.29 is 9.53 Å². The predicted octanol–water partition coefficient (Wildman–Crippen LogP) is 3.75. The summed E-state index contributed by atoms with van der Waals surface area (Å²) in [6, 6.07) is 7.65. The van der Waals surface area contributed by atoms with Crippen molar-refractivity contribution in [2.45, 2.75) is 19.8 Å². The van der Waals surface area contributed by atoms with Gasteiger partial charge in [0.15, 0.2) is 0 Å². The zero-order chi connectivity index (χ0) is 16.7. The molecule has 0 aliphatic heterocycles. The van der Waals surface area contributed by atoms with Crippen LogP contribution in [0.4, 0.5) is 5.13 Å². The molecule has 1 amide bonds. The van der Waals surface area contributed by atoms with Crippen LogP contribution < -0.4 is 10.1 Å². The van der Waals surface area contributed by atoms with Crippen molar-refractivity contribution >= 4 is 22.4 Å². The van der Waals surface area contributed by atoms with Crippen molar-refractivity contribution in [1.29, 1.82) is 0 Å². The van der Waals surface area contributed by atoms with Crippen LogP contribution in [-0.2, 0) is 4.79 Å². The number of carbonyl (C=O) groups excluding carboxylic acids is 1. The lowest BCUT2D eigenvalue weighted by Crippen LogP contribution is -2.36. The van der Waals surface area contributed by atoms with Crippen LogP contribution in [0.3, 0.4) is 0 Å². The molecular formula is C18H19N3O2S. The van der Waals surface area contributed by atoms with Gasteiger partial charge in [0, 0.05) is 5.56 Å². The van der Waals surface area contributed by atoms with Crippen LogP contribution in [0.15, 0.2) is 36.4 Å². The fraction of sp³-hybridized carbons (Fsp3) is 0.389. The molecule has 2 aromatic rings. The number of ether oxygens (including phenoxy) is 1. The first-order valence-electron chi connectivity index (χ1n) is 8.06. The summed E-state index contributed by atoms with van der Waals surface area (Å²) in [5, 5.41) is 12.6. The fourth-order valence-electron chi connectivity index (χ4n) is 3.72. The Balaban J connectivity index is 1.49. The maximum atomic E-state index is 12.7. The van der Waals surface area contributed by atoms with E-state index in [2.05, 4.69) is 34.6 Å². The minimum Gasteiger partial charge on any atom is -0.497 e. The molecule has 5 nitrogen and oxygen atoms in total. The lowest BCUT2D eigenvalue weighted by atomic mass is 9.77. The molecule has 1 N–H and O–H groups in total. The van der Waals surface area contributed by atoms with Crippen molar-refractivity contribution in [1.82, 2.24) is 10.2 Å². The summed E-state index contributed by atoms with van der Waals surface area (Å²) in [5.41, 5.74) is 0.633. The highest BCUT2D eigenvalue weighted by Gasteiger charge is 2.50. The van der Waals surface area contributed by atoms with Crippen LogP contribution in [-0.4, -0.2) is 23.2 Å². The van der Waals surface area contributed by atoms with Gasteiger partial charge in [-0.2, -0.15) is 0 Å². The number of fused-ring (bicyclic) bond motifs is 2. The van der Waals surface area contributed by atoms with Gasteiger partial charge < -0.3 is 10.1 Å². The zero-order valence-corrected chi connectivity index (χ0v) is 14.5. The zero-order valence-electron chi connectivity index (χ0n) is 13.7. The largest absolute Gasteiger partial charge is 0.497 e. The molecular weight excluding hydrogens is 322 g/mol. The van der Waals surface area contributed by atoms with E-state index >= 15 is 0 Å². The minimum atomic E-state index is -0.328. The van der Waals surface area contributed by atoms with Gasteiger partial charge in [0.05, 0.1) is 12.5 Å². The molecule has 3 atom stereocenters. The summed E-state index contributed by atoms with van der Waals surface area (Å²) in [6.07, 6.45) is 6.45. The Morgan fingerprint density at radius 1 is 1.29 bits per heavy atom. The van der Waals surface area contributed by atoms with Crippen LogP contribution in [0, 0.1) is 17.3 Å². The summed E-state index contributed by atoms with van der Waals surface area (Å²) < 4.78 is 5.16. The molecule has 1 aromatic heterocycles. The fourth-order valence-corrected chi connectivity index (χ4v) is 4.46. The lowest BCUT2D eigenvalue weighted by molar-refractivity contribution is -0.126. The summed E-state index contributed by atoms with van der Waals surface area (Å²) in [7, 11) is 1.64. The average Bonchev–Trinajstić information content (AvgIpc) is 3.31. The molecule has 0 radical (unpaired) electrons. The van der Waals surface area contributed by atoms with E-state index in [0.717, 1.165) is 29.2 Å². The van der Waals surface area contributed by atoms with Crippen molar-refractivity contribution in [3.8, 4) is 16.3 Å². The molecule has 2 aliphatic carbocycles. The first-order valence-corrected chi connectivity index (χ1v) is 8.88. The molecule has 0 spiro atoms. The minimum absolute atomic E-state index is 0.0526. The summed E-state index contributed by atoms with van der Waals surface area (Å²) >= 11 is 1.39. The van der Waals surface area contributed by atoms with Gasteiger partial charge in [-0.05, 0) is 48.9 Å². The smallest absolute Gasteiger partial charge is 0.232 e. The van der Waals surface area contributed by atoms with Gasteiger partial charge in [-0.25, -0.2) is 0 Å². The van der Waals surface area contributed by atoms with E-state index in [1.54, 1.807) is 7.11 Å². The van der Waals surface area contributed by atoms with E-state index in [1.807, 2.05) is 24.3 Å². The maximum absolute atomic E-state index is 12.7. The molecule has 2 aliphatic rings. The van der Waals surface area contributed by atoms with Gasteiger partial charge in [-0.15, -0.1) is 10.2 Å². The van der Waals surface area contributed by atoms with Gasteiger partial charge in [0.2, 0.25) is 11.0 Å². The number of nitrogens with zero attached hydrogens (tertiary/aromatic N) is 2. The second-order valence-electron chi connectivity index (χ2n) is 6.70. The van der Waals surface area contributed by atoms with E-state index in [9.17, 15) is 4.79 Å². The third kappa shape index (κ3) is 2.51. The first-order chi connectivity index (χ1) is 11.6. The number of benzene rings is 1. The number of hydrogen-bond acceptors (Lipinski definition) is 5. The monoisotopic (exact) mass is 341 g/mol. The molecule has 1 aromatic carbocycles. The number of anilines is 1. The molecule has 124 valence electrons. The number of amides is 1. The Morgan fingerprint density at radius 3 is 2.71 bits per heavy atom. The number of methoxy groups -OCH3 is 1. The van der Waals surface area contributed by atoms with Crippen LogP contribution in [0.5, 0.6) is 5.75 Å². The van der Waals surface area contributed by atoms with Crippen molar-refractivity contribution in [2.24, 2.45) is 17.3 Å². The van der Waals surface area contributed by atoms with Gasteiger partial charge in [-0.1, -0.05) is 30.4 Å². The van der Waals surface area contributed by atoms with Crippen LogP contribution in [0.25, 0.3) is 10.6 Å². The van der Waals surface area contributed by atoms with Gasteiger partial charge in [-0.3, -0.25) is 4.79 Å². The van der Waals surface area contributed by atoms with Crippen molar-refractivity contribution in [3.05, 3.63) is 36.4 Å². The number of aromatic nitrogens is 2. The number of nitrogens with one attached hydrogen (secondary N) is 1. The quantitative estimate of drug-likeness (QED) is 0.860. The van der Waals surface area contributed by atoms with Gasteiger partial charge in [0.25, 0.3) is 0 Å². The van der Waals surface area contributed by atoms with Gasteiger partial charge >= 0.3 is 0 Å². The molecule has 1 saturated carbocycles. The Morgan fingerprint density at radius 2 is 2.08 bits per heavy atom. The molecule has 24 heavy (non-hydrogen) atoms. The van der Waals surface area contributed by atoms with Gasteiger partial charge in [0.1, 0.15) is 10.8 Å². The molecule has 1 heterocycles. The summed E-state index contributed by atoms with van der Waals surface area (Å²) in [5.74, 6) is 1.75. The molecule has 1 fully saturated rings. The van der Waals surface area contributed by atoms with E-state index in [-0.39, 0.29) is 11.3 Å². The number of hydrogen-bond donors (Lipinski definition) is 1. The van der Waals surface area contributed by atoms with Crippen molar-refractivity contribution in [3.63, 3.8) is 0 Å². The number of allylic oxidation sites excluding steroid dienone is 2. The Bertz CT molecular complexity index is 799. The topological polar surface area (TPSA) is 64.1 Å². The highest BCUT2D eigenvalue weighted by Crippen LogP contribution is 2.52. The highest BCUT2D eigenvalue weighted by molar-refractivity contribution is 7.18. The summed E-state index contributed by atoms with van der Waals surface area (Å²) in [6.45, 7) is 2.06. The van der Waals surface area contributed by atoms with E-state index in [4.69, 9.17) is 4.74 Å². The standard InChI is InChI=1S/C18H19N3O2S/c1-18(10-11-3-6-13(18)9-11)16(22)19-17-21-20-15(24-17)12-4-7-14(23-2)8-5-12/h3-8,11,13H,9-10H2,1-2H3,(H,19,21,22)/t11-,13-,18-/m0/s1. The third-order valence-electron chi connectivity index (χ3n) is 5.18. The van der Waals surface area contributed by atoms with E-state index in [0.29, 0.717) is 17.0 Å². The van der Waals surface area contributed by atoms with E-state index in [1.165, 1.54) is 11.3 Å². The third-order valence-corrected chi connectivity index (χ3v) is 6.07. The summed E-state index contributed by atoms with van der Waals surface area (Å²) in [4.78, 5) is 12.7. The second kappa shape index (κ2) is 5.70. The van der Waals surface area contributed by atoms with Crippen LogP contribution in [0.2, 0.25) is 0 Å². The second-order valence-corrected chi connectivity index (χ2v) is 7.68. The molecule has 6 heteroatoms.